The van der Waals surface area contributed by atoms with E-state index < -0.39 is 6.04 Å². The molecule has 2 amide bonds. The summed E-state index contributed by atoms with van der Waals surface area (Å²) in [5.41, 5.74) is 7.24. The Labute approximate surface area is 129 Å². The Hall–Kier alpha value is -1.53. The highest BCUT2D eigenvalue weighted by molar-refractivity contribution is 7.98. The summed E-state index contributed by atoms with van der Waals surface area (Å²) in [5, 5.41) is 5.64. The molecular weight excluding hydrogens is 286 g/mol. The summed E-state index contributed by atoms with van der Waals surface area (Å²) in [6.07, 6.45) is 4.60. The zero-order chi connectivity index (χ0) is 15.2. The normalized spacial score (nSPS) is 15.3. The number of thioether (sulfide) groups is 1. The Morgan fingerprint density at radius 3 is 2.33 bits per heavy atom. The van der Waals surface area contributed by atoms with E-state index in [2.05, 4.69) is 10.6 Å². The Morgan fingerprint density at radius 2 is 1.81 bits per heavy atom. The lowest BCUT2D eigenvalue weighted by Gasteiger charge is -2.12. The van der Waals surface area contributed by atoms with Gasteiger partial charge in [-0.1, -0.05) is 0 Å². The number of anilines is 2. The van der Waals surface area contributed by atoms with E-state index in [-0.39, 0.29) is 17.7 Å². The topological polar surface area (TPSA) is 84.2 Å². The summed E-state index contributed by atoms with van der Waals surface area (Å²) in [7, 11) is 0. The summed E-state index contributed by atoms with van der Waals surface area (Å²) < 4.78 is 0. The van der Waals surface area contributed by atoms with Gasteiger partial charge in [0.05, 0.1) is 6.04 Å². The molecule has 0 unspecified atom stereocenters. The molecule has 0 heterocycles. The van der Waals surface area contributed by atoms with Gasteiger partial charge in [0, 0.05) is 17.3 Å². The van der Waals surface area contributed by atoms with Crippen molar-refractivity contribution in [2.45, 2.75) is 25.3 Å². The lowest BCUT2D eigenvalue weighted by atomic mass is 10.2. The molecule has 4 N–H and O–H groups in total. The lowest BCUT2D eigenvalue weighted by Crippen LogP contribution is -2.36. The number of amides is 2. The predicted molar refractivity (Wildman–Crippen MR) is 87.4 cm³/mol. The van der Waals surface area contributed by atoms with Gasteiger partial charge in [0.1, 0.15) is 0 Å². The zero-order valence-corrected chi connectivity index (χ0v) is 12.9. The molecule has 114 valence electrons. The maximum Gasteiger partial charge on any atom is 0.241 e. The summed E-state index contributed by atoms with van der Waals surface area (Å²) in [6, 6.07) is 6.60. The number of nitrogens with one attached hydrogen (secondary N) is 2. The fourth-order valence-electron chi connectivity index (χ4n) is 1.84. The van der Waals surface area contributed by atoms with Crippen LogP contribution in [0.15, 0.2) is 24.3 Å². The molecule has 2 rings (SSSR count). The van der Waals surface area contributed by atoms with Gasteiger partial charge in [-0.25, -0.2) is 0 Å². The largest absolute Gasteiger partial charge is 0.326 e. The smallest absolute Gasteiger partial charge is 0.241 e. The standard InChI is InChI=1S/C15H21N3O2S/c1-21-9-8-13(16)15(20)18-12-6-4-11(5-7-12)17-14(19)10-2-3-10/h4-7,10,13H,2-3,8-9,16H2,1H3,(H,17,19)(H,18,20)/t13-/m0/s1. The van der Waals surface area contributed by atoms with Crippen molar-refractivity contribution >= 4 is 35.0 Å². The molecule has 0 spiro atoms. The second-order valence-electron chi connectivity index (χ2n) is 5.22. The van der Waals surface area contributed by atoms with Crippen molar-refractivity contribution in [3.63, 3.8) is 0 Å². The van der Waals surface area contributed by atoms with Gasteiger partial charge in [-0.3, -0.25) is 9.59 Å². The summed E-state index contributed by atoms with van der Waals surface area (Å²) in [4.78, 5) is 23.5. The monoisotopic (exact) mass is 307 g/mol. The van der Waals surface area contributed by atoms with Crippen molar-refractivity contribution in [2.75, 3.05) is 22.6 Å². The van der Waals surface area contributed by atoms with Crippen LogP contribution in [0.4, 0.5) is 11.4 Å². The minimum atomic E-state index is -0.494. The van der Waals surface area contributed by atoms with Crippen LogP contribution in [0.5, 0.6) is 0 Å². The van der Waals surface area contributed by atoms with Crippen molar-refractivity contribution in [1.29, 1.82) is 0 Å². The van der Waals surface area contributed by atoms with Gasteiger partial charge in [-0.05, 0) is 55.5 Å². The van der Waals surface area contributed by atoms with E-state index in [9.17, 15) is 9.59 Å². The minimum Gasteiger partial charge on any atom is -0.326 e. The van der Waals surface area contributed by atoms with Gasteiger partial charge in [0.15, 0.2) is 0 Å². The molecule has 0 aromatic heterocycles. The number of carbonyl (C=O) groups excluding carboxylic acids is 2. The van der Waals surface area contributed by atoms with Crippen LogP contribution in [-0.2, 0) is 9.59 Å². The first-order valence-electron chi connectivity index (χ1n) is 7.06. The van der Waals surface area contributed by atoms with Crippen LogP contribution < -0.4 is 16.4 Å². The molecule has 0 radical (unpaired) electrons. The van der Waals surface area contributed by atoms with E-state index in [1.807, 2.05) is 6.26 Å². The number of benzene rings is 1. The molecule has 5 nitrogen and oxygen atoms in total. The molecule has 0 aliphatic heterocycles. The van der Waals surface area contributed by atoms with E-state index in [0.29, 0.717) is 12.1 Å². The molecule has 1 aromatic carbocycles. The van der Waals surface area contributed by atoms with E-state index >= 15 is 0 Å². The minimum absolute atomic E-state index is 0.0749. The van der Waals surface area contributed by atoms with E-state index in [1.54, 1.807) is 36.0 Å². The van der Waals surface area contributed by atoms with Crippen LogP contribution in [0, 0.1) is 5.92 Å². The SMILES string of the molecule is CSCC[C@H](N)C(=O)Nc1ccc(NC(=O)C2CC2)cc1. The highest BCUT2D eigenvalue weighted by atomic mass is 32.2. The lowest BCUT2D eigenvalue weighted by molar-refractivity contribution is -0.118. The van der Waals surface area contributed by atoms with Crippen LogP contribution in [0.1, 0.15) is 19.3 Å². The Morgan fingerprint density at radius 1 is 1.24 bits per heavy atom. The third kappa shape index (κ3) is 5.06. The molecule has 1 atom stereocenters. The first kappa shape index (κ1) is 15.9. The summed E-state index contributed by atoms with van der Waals surface area (Å²) in [5.74, 6) is 0.935. The Balaban J connectivity index is 1.83. The van der Waals surface area contributed by atoms with Crippen molar-refractivity contribution < 1.29 is 9.59 Å². The molecule has 0 saturated heterocycles. The average molecular weight is 307 g/mol. The van der Waals surface area contributed by atoms with E-state index in [4.69, 9.17) is 5.73 Å². The second-order valence-corrected chi connectivity index (χ2v) is 6.20. The van der Waals surface area contributed by atoms with Crippen LogP contribution in [0.2, 0.25) is 0 Å². The van der Waals surface area contributed by atoms with Crippen molar-refractivity contribution in [3.8, 4) is 0 Å². The summed E-state index contributed by atoms with van der Waals surface area (Å²) in [6.45, 7) is 0. The van der Waals surface area contributed by atoms with Gasteiger partial charge in [-0.2, -0.15) is 11.8 Å². The fourth-order valence-corrected chi connectivity index (χ4v) is 2.33. The molecule has 6 heteroatoms. The van der Waals surface area contributed by atoms with E-state index in [0.717, 1.165) is 24.3 Å². The highest BCUT2D eigenvalue weighted by Crippen LogP contribution is 2.30. The van der Waals surface area contributed by atoms with Crippen molar-refractivity contribution in [3.05, 3.63) is 24.3 Å². The van der Waals surface area contributed by atoms with Gasteiger partial charge in [-0.15, -0.1) is 0 Å². The fraction of sp³-hybridized carbons (Fsp3) is 0.467. The van der Waals surface area contributed by atoms with Crippen molar-refractivity contribution in [2.24, 2.45) is 11.7 Å². The molecule has 1 aliphatic carbocycles. The van der Waals surface area contributed by atoms with Gasteiger partial charge in [0.25, 0.3) is 0 Å². The van der Waals surface area contributed by atoms with Crippen LogP contribution in [0.25, 0.3) is 0 Å². The van der Waals surface area contributed by atoms with Crippen molar-refractivity contribution in [1.82, 2.24) is 0 Å². The van der Waals surface area contributed by atoms with E-state index in [1.165, 1.54) is 0 Å². The third-order valence-corrected chi connectivity index (χ3v) is 3.98. The Kier molecular flexibility index (Phi) is 5.64. The maximum absolute atomic E-state index is 11.9. The van der Waals surface area contributed by atoms with Crippen LogP contribution in [-0.4, -0.2) is 29.9 Å². The van der Waals surface area contributed by atoms with Crippen LogP contribution >= 0.6 is 11.8 Å². The maximum atomic E-state index is 11.9. The quantitative estimate of drug-likeness (QED) is 0.720. The number of nitrogens with two attached hydrogens (primary N) is 1. The molecular formula is C15H21N3O2S. The number of carbonyl (C=O) groups is 2. The first-order valence-corrected chi connectivity index (χ1v) is 8.46. The molecule has 1 fully saturated rings. The van der Waals surface area contributed by atoms with Gasteiger partial charge >= 0.3 is 0 Å². The predicted octanol–water partition coefficient (Wildman–Crippen LogP) is 2.05. The average Bonchev–Trinajstić information content (AvgIpc) is 3.31. The molecule has 0 bridgehead atoms. The zero-order valence-electron chi connectivity index (χ0n) is 12.1. The number of hydrogen-bond donors (Lipinski definition) is 3. The van der Waals surface area contributed by atoms with Gasteiger partial charge < -0.3 is 16.4 Å². The third-order valence-electron chi connectivity index (χ3n) is 3.34. The Bertz CT molecular complexity index is 500. The molecule has 1 aromatic rings. The highest BCUT2D eigenvalue weighted by Gasteiger charge is 2.29. The number of rotatable bonds is 7. The van der Waals surface area contributed by atoms with Crippen LogP contribution in [0.3, 0.4) is 0 Å². The molecule has 1 saturated carbocycles. The first-order chi connectivity index (χ1) is 10.1. The number of hydrogen-bond acceptors (Lipinski definition) is 4. The molecule has 1 aliphatic rings. The summed E-state index contributed by atoms with van der Waals surface area (Å²) >= 11 is 1.67. The molecule has 21 heavy (non-hydrogen) atoms. The van der Waals surface area contributed by atoms with Gasteiger partial charge in [0.2, 0.25) is 11.8 Å². The second kappa shape index (κ2) is 7.47.